The molecule has 16 heavy (non-hydrogen) atoms. The largest absolute Gasteiger partial charge is 0.493 e. The van der Waals surface area contributed by atoms with Gasteiger partial charge in [-0.2, -0.15) is 0 Å². The number of halogens is 1. The van der Waals surface area contributed by atoms with Gasteiger partial charge in [0.15, 0.2) is 0 Å². The summed E-state index contributed by atoms with van der Waals surface area (Å²) in [4.78, 5) is 0. The van der Waals surface area contributed by atoms with E-state index in [4.69, 9.17) is 16.3 Å². The van der Waals surface area contributed by atoms with Crippen molar-refractivity contribution >= 4 is 11.6 Å². The quantitative estimate of drug-likeness (QED) is 0.811. The first kappa shape index (κ1) is 11.7. The Hall–Kier alpha value is -0.730. The van der Waals surface area contributed by atoms with Crippen molar-refractivity contribution in [3.63, 3.8) is 0 Å². The molecule has 1 N–H and O–H groups in total. The summed E-state index contributed by atoms with van der Waals surface area (Å²) in [5.74, 6) is 0.997. The molecular weight excluding hydrogens is 222 g/mol. The van der Waals surface area contributed by atoms with Crippen LogP contribution in [0.1, 0.15) is 35.6 Å². The van der Waals surface area contributed by atoms with Gasteiger partial charge in [-0.25, -0.2) is 0 Å². The summed E-state index contributed by atoms with van der Waals surface area (Å²) in [6, 6.07) is 2.41. The van der Waals surface area contributed by atoms with Gasteiger partial charge in [-0.1, -0.05) is 11.6 Å². The van der Waals surface area contributed by atoms with Crippen LogP contribution in [0, 0.1) is 13.8 Å². The minimum Gasteiger partial charge on any atom is -0.493 e. The van der Waals surface area contributed by atoms with Crippen molar-refractivity contribution in [3.05, 3.63) is 27.8 Å². The van der Waals surface area contributed by atoms with Gasteiger partial charge in [0, 0.05) is 16.6 Å². The van der Waals surface area contributed by atoms with Crippen LogP contribution in [0.2, 0.25) is 5.02 Å². The number of aryl methyl sites for hydroxylation is 1. The van der Waals surface area contributed by atoms with Crippen LogP contribution < -0.4 is 10.1 Å². The molecule has 2 nitrogen and oxygen atoms in total. The Kier molecular flexibility index (Phi) is 3.41. The normalized spacial score (nSPS) is 19.9. The number of nitrogens with one attached hydrogen (secondary N) is 1. The second-order valence-corrected chi connectivity index (χ2v) is 4.75. The van der Waals surface area contributed by atoms with E-state index in [1.54, 1.807) is 0 Å². The topological polar surface area (TPSA) is 21.3 Å². The number of hydrogen-bond acceptors (Lipinski definition) is 2. The van der Waals surface area contributed by atoms with Crippen molar-refractivity contribution in [2.24, 2.45) is 0 Å². The molecule has 0 aliphatic carbocycles. The molecule has 0 fully saturated rings. The summed E-state index contributed by atoms with van der Waals surface area (Å²) < 4.78 is 5.80. The molecule has 1 aliphatic rings. The van der Waals surface area contributed by atoms with Gasteiger partial charge in [0.05, 0.1) is 6.61 Å². The number of ether oxygens (including phenoxy) is 1. The van der Waals surface area contributed by atoms with Crippen molar-refractivity contribution < 1.29 is 4.74 Å². The molecule has 88 valence electrons. The summed E-state index contributed by atoms with van der Waals surface area (Å²) >= 11 is 6.31. The van der Waals surface area contributed by atoms with Crippen molar-refractivity contribution in [3.8, 4) is 5.75 Å². The van der Waals surface area contributed by atoms with E-state index < -0.39 is 0 Å². The van der Waals surface area contributed by atoms with Gasteiger partial charge in [0.2, 0.25) is 0 Å². The first-order valence-electron chi connectivity index (χ1n) is 5.74. The molecule has 0 saturated heterocycles. The van der Waals surface area contributed by atoms with E-state index >= 15 is 0 Å². The van der Waals surface area contributed by atoms with Crippen LogP contribution in [-0.4, -0.2) is 13.7 Å². The highest BCUT2D eigenvalue weighted by Gasteiger charge is 2.22. The van der Waals surface area contributed by atoms with E-state index in [0.717, 1.165) is 41.3 Å². The van der Waals surface area contributed by atoms with Crippen LogP contribution in [0.25, 0.3) is 0 Å². The molecular formula is C13H18ClNO. The van der Waals surface area contributed by atoms with E-state index in [1.165, 1.54) is 5.56 Å². The maximum atomic E-state index is 6.31. The standard InChI is InChI=1S/C13H18ClNO/c1-8-7-11-12(9(2)13(8)14)10(15-3)5-4-6-16-11/h7,10,15H,4-6H2,1-3H3. The first-order valence-corrected chi connectivity index (χ1v) is 6.12. The molecule has 0 aromatic heterocycles. The monoisotopic (exact) mass is 239 g/mol. The molecule has 2 rings (SSSR count). The number of fused-ring (bicyclic) bond motifs is 1. The summed E-state index contributed by atoms with van der Waals surface area (Å²) in [6.07, 6.45) is 2.18. The van der Waals surface area contributed by atoms with Gasteiger partial charge in [-0.3, -0.25) is 0 Å². The van der Waals surface area contributed by atoms with Crippen LogP contribution in [0.4, 0.5) is 0 Å². The summed E-state index contributed by atoms with van der Waals surface area (Å²) in [6.45, 7) is 4.90. The lowest BCUT2D eigenvalue weighted by molar-refractivity contribution is 0.315. The highest BCUT2D eigenvalue weighted by atomic mass is 35.5. The van der Waals surface area contributed by atoms with E-state index in [-0.39, 0.29) is 0 Å². The first-order chi connectivity index (χ1) is 7.65. The summed E-state index contributed by atoms with van der Waals surface area (Å²) in [5.41, 5.74) is 3.48. The van der Waals surface area contributed by atoms with Crippen LogP contribution in [0.15, 0.2) is 6.07 Å². The molecule has 1 unspecified atom stereocenters. The fourth-order valence-corrected chi connectivity index (χ4v) is 2.55. The van der Waals surface area contributed by atoms with Gasteiger partial charge < -0.3 is 10.1 Å². The second kappa shape index (κ2) is 4.64. The van der Waals surface area contributed by atoms with Gasteiger partial charge >= 0.3 is 0 Å². The van der Waals surface area contributed by atoms with Crippen LogP contribution in [-0.2, 0) is 0 Å². The fraction of sp³-hybridized carbons (Fsp3) is 0.538. The summed E-state index contributed by atoms with van der Waals surface area (Å²) in [7, 11) is 1.99. The lowest BCUT2D eigenvalue weighted by atomic mass is 9.95. The van der Waals surface area contributed by atoms with E-state index in [0.29, 0.717) is 6.04 Å². The number of benzene rings is 1. The molecule has 1 aromatic rings. The SMILES string of the molecule is CNC1CCCOc2cc(C)c(Cl)c(C)c21. The van der Waals surface area contributed by atoms with Gasteiger partial charge in [0.25, 0.3) is 0 Å². The Morgan fingerprint density at radius 3 is 2.88 bits per heavy atom. The molecule has 0 bridgehead atoms. The third-order valence-electron chi connectivity index (χ3n) is 3.28. The van der Waals surface area contributed by atoms with Crippen LogP contribution >= 0.6 is 11.6 Å². The maximum absolute atomic E-state index is 6.31. The Bertz CT molecular complexity index is 403. The van der Waals surface area contributed by atoms with Gasteiger partial charge in [0.1, 0.15) is 5.75 Å². The third-order valence-corrected chi connectivity index (χ3v) is 3.87. The van der Waals surface area contributed by atoms with Crippen LogP contribution in [0.3, 0.4) is 0 Å². The Morgan fingerprint density at radius 2 is 2.19 bits per heavy atom. The van der Waals surface area contributed by atoms with Gasteiger partial charge in [-0.05, 0) is 50.9 Å². The maximum Gasteiger partial charge on any atom is 0.124 e. The Balaban J connectivity index is 2.58. The molecule has 0 radical (unpaired) electrons. The fourth-order valence-electron chi connectivity index (χ4n) is 2.39. The zero-order valence-electron chi connectivity index (χ0n) is 10.1. The predicted molar refractivity (Wildman–Crippen MR) is 67.5 cm³/mol. The molecule has 0 amide bonds. The molecule has 0 saturated carbocycles. The van der Waals surface area contributed by atoms with Crippen molar-refractivity contribution in [2.45, 2.75) is 32.7 Å². The second-order valence-electron chi connectivity index (χ2n) is 4.38. The minimum absolute atomic E-state index is 0.357. The van der Waals surface area contributed by atoms with Crippen molar-refractivity contribution in [1.82, 2.24) is 5.32 Å². The lowest BCUT2D eigenvalue weighted by Gasteiger charge is -2.20. The highest BCUT2D eigenvalue weighted by molar-refractivity contribution is 6.32. The van der Waals surface area contributed by atoms with Crippen molar-refractivity contribution in [2.75, 3.05) is 13.7 Å². The van der Waals surface area contributed by atoms with Crippen molar-refractivity contribution in [1.29, 1.82) is 0 Å². The predicted octanol–water partition coefficient (Wildman–Crippen LogP) is 3.39. The number of rotatable bonds is 1. The Morgan fingerprint density at radius 1 is 1.44 bits per heavy atom. The molecule has 1 heterocycles. The average molecular weight is 240 g/mol. The van der Waals surface area contributed by atoms with E-state index in [9.17, 15) is 0 Å². The minimum atomic E-state index is 0.357. The highest BCUT2D eigenvalue weighted by Crippen LogP contribution is 2.38. The third kappa shape index (κ3) is 1.92. The average Bonchev–Trinajstić information content (AvgIpc) is 2.48. The summed E-state index contributed by atoms with van der Waals surface area (Å²) in [5, 5.41) is 4.21. The van der Waals surface area contributed by atoms with E-state index in [1.807, 2.05) is 14.0 Å². The van der Waals surface area contributed by atoms with E-state index in [2.05, 4.69) is 18.3 Å². The van der Waals surface area contributed by atoms with Gasteiger partial charge in [-0.15, -0.1) is 0 Å². The van der Waals surface area contributed by atoms with Crippen LogP contribution in [0.5, 0.6) is 5.75 Å². The Labute approximate surface area is 102 Å². The molecule has 1 aliphatic heterocycles. The zero-order chi connectivity index (χ0) is 11.7. The lowest BCUT2D eigenvalue weighted by Crippen LogP contribution is -2.17. The smallest absolute Gasteiger partial charge is 0.124 e. The molecule has 0 spiro atoms. The molecule has 1 aromatic carbocycles. The molecule has 3 heteroatoms. The molecule has 1 atom stereocenters. The zero-order valence-corrected chi connectivity index (χ0v) is 10.8. The number of hydrogen-bond donors (Lipinski definition) is 1.